The van der Waals surface area contributed by atoms with Crippen LogP contribution in [0.1, 0.15) is 47.7 Å². The van der Waals surface area contributed by atoms with Crippen molar-refractivity contribution >= 4 is 33.3 Å². The topological polar surface area (TPSA) is 57.6 Å². The van der Waals surface area contributed by atoms with Gasteiger partial charge in [-0.1, -0.05) is 54.0 Å². The second kappa shape index (κ2) is 6.39. The van der Waals surface area contributed by atoms with Crippen molar-refractivity contribution in [3.05, 3.63) is 63.6 Å². The van der Waals surface area contributed by atoms with Gasteiger partial charge < -0.3 is 10.0 Å². The van der Waals surface area contributed by atoms with E-state index in [9.17, 15) is 14.7 Å². The number of hydrogen-bond donors (Lipinski definition) is 1. The molecule has 1 amide bonds. The molecule has 0 aliphatic carbocycles. The molecule has 1 N–H and O–H groups in total. The van der Waals surface area contributed by atoms with Gasteiger partial charge in [-0.15, -0.1) is 0 Å². The first kappa shape index (κ1) is 17.8. The average Bonchev–Trinajstić information content (AvgIpc) is 2.76. The third kappa shape index (κ3) is 3.02. The predicted molar refractivity (Wildman–Crippen MR) is 101 cm³/mol. The fourth-order valence-corrected chi connectivity index (χ4v) is 3.55. The molecule has 25 heavy (non-hydrogen) atoms. The van der Waals surface area contributed by atoms with Crippen LogP contribution in [0.15, 0.2) is 46.9 Å². The minimum atomic E-state index is -1.83. The van der Waals surface area contributed by atoms with E-state index in [0.29, 0.717) is 22.7 Å². The van der Waals surface area contributed by atoms with Gasteiger partial charge in [-0.25, -0.2) is 0 Å². The maximum atomic E-state index is 12.7. The molecule has 0 saturated carbocycles. The molecule has 1 aliphatic rings. The number of ketones is 1. The standard InChI is InChI=1S/C20H20BrNO3/c1-12(2)13-4-6-14(7-5-13)18(23)11-20(25)16-10-15(21)8-9-17(16)22(3)19(20)24/h4-10,12,25H,11H2,1-3H3. The van der Waals surface area contributed by atoms with Crippen LogP contribution in [0.5, 0.6) is 0 Å². The lowest BCUT2D eigenvalue weighted by atomic mass is 9.87. The summed E-state index contributed by atoms with van der Waals surface area (Å²) in [5.41, 5.74) is 0.889. The summed E-state index contributed by atoms with van der Waals surface area (Å²) in [5, 5.41) is 11.0. The normalized spacial score (nSPS) is 19.4. The molecule has 130 valence electrons. The summed E-state index contributed by atoms with van der Waals surface area (Å²) in [6.07, 6.45) is -0.277. The van der Waals surface area contributed by atoms with Gasteiger partial charge in [0.25, 0.3) is 5.91 Å². The lowest BCUT2D eigenvalue weighted by molar-refractivity contribution is -0.135. The van der Waals surface area contributed by atoms with Crippen LogP contribution in [0.2, 0.25) is 0 Å². The molecule has 4 nitrogen and oxygen atoms in total. The van der Waals surface area contributed by atoms with Crippen LogP contribution >= 0.6 is 15.9 Å². The second-order valence-corrected chi connectivity index (χ2v) is 7.68. The summed E-state index contributed by atoms with van der Waals surface area (Å²) in [4.78, 5) is 26.7. The minimum absolute atomic E-state index is 0.257. The molecule has 1 aliphatic heterocycles. The van der Waals surface area contributed by atoms with Crippen molar-refractivity contribution in [3.8, 4) is 0 Å². The van der Waals surface area contributed by atoms with Gasteiger partial charge in [-0.3, -0.25) is 9.59 Å². The van der Waals surface area contributed by atoms with Crippen LogP contribution < -0.4 is 4.90 Å². The predicted octanol–water partition coefficient (Wildman–Crippen LogP) is 4.01. The monoisotopic (exact) mass is 401 g/mol. The van der Waals surface area contributed by atoms with Gasteiger partial charge in [0.15, 0.2) is 11.4 Å². The zero-order valence-electron chi connectivity index (χ0n) is 14.4. The van der Waals surface area contributed by atoms with E-state index in [4.69, 9.17) is 0 Å². The molecule has 2 aromatic carbocycles. The van der Waals surface area contributed by atoms with Crippen molar-refractivity contribution in [2.75, 3.05) is 11.9 Å². The molecule has 2 aromatic rings. The smallest absolute Gasteiger partial charge is 0.263 e. The van der Waals surface area contributed by atoms with Crippen LogP contribution in [0.4, 0.5) is 5.69 Å². The van der Waals surface area contributed by atoms with E-state index in [2.05, 4.69) is 29.8 Å². The van der Waals surface area contributed by atoms with Gasteiger partial charge in [-0.2, -0.15) is 0 Å². The first-order valence-electron chi connectivity index (χ1n) is 8.18. The lowest BCUT2D eigenvalue weighted by Gasteiger charge is -2.21. The zero-order valence-corrected chi connectivity index (χ0v) is 16.0. The molecule has 1 atom stereocenters. The molecule has 1 heterocycles. The van der Waals surface area contributed by atoms with E-state index < -0.39 is 11.5 Å². The highest BCUT2D eigenvalue weighted by molar-refractivity contribution is 9.10. The van der Waals surface area contributed by atoms with Crippen molar-refractivity contribution in [2.24, 2.45) is 0 Å². The van der Waals surface area contributed by atoms with Crippen LogP contribution in [-0.2, 0) is 10.4 Å². The van der Waals surface area contributed by atoms with Crippen molar-refractivity contribution in [2.45, 2.75) is 31.8 Å². The highest BCUT2D eigenvalue weighted by atomic mass is 79.9. The molecule has 0 aromatic heterocycles. The summed E-state index contributed by atoms with van der Waals surface area (Å²) in [6, 6.07) is 12.6. The Hall–Kier alpha value is -1.98. The van der Waals surface area contributed by atoms with E-state index in [1.54, 1.807) is 37.4 Å². The number of hydrogen-bond acceptors (Lipinski definition) is 3. The molecule has 0 fully saturated rings. The zero-order chi connectivity index (χ0) is 18.4. The number of nitrogens with zero attached hydrogens (tertiary/aromatic N) is 1. The number of fused-ring (bicyclic) bond motifs is 1. The molecular weight excluding hydrogens is 382 g/mol. The SMILES string of the molecule is CC(C)c1ccc(C(=O)CC2(O)C(=O)N(C)c3ccc(Br)cc32)cc1. The Labute approximate surface area is 155 Å². The Morgan fingerprint density at radius 3 is 2.44 bits per heavy atom. The number of carbonyl (C=O) groups is 2. The molecule has 0 saturated heterocycles. The lowest BCUT2D eigenvalue weighted by Crippen LogP contribution is -2.40. The Morgan fingerprint density at radius 2 is 1.84 bits per heavy atom. The molecule has 0 radical (unpaired) electrons. The first-order chi connectivity index (χ1) is 11.7. The van der Waals surface area contributed by atoms with Crippen LogP contribution in [0.3, 0.4) is 0 Å². The Morgan fingerprint density at radius 1 is 1.20 bits per heavy atom. The molecule has 0 bridgehead atoms. The number of benzene rings is 2. The summed E-state index contributed by atoms with van der Waals surface area (Å²) in [7, 11) is 1.61. The van der Waals surface area contributed by atoms with Gasteiger partial charge in [0.05, 0.1) is 12.1 Å². The number of halogens is 1. The molecule has 5 heteroatoms. The van der Waals surface area contributed by atoms with Gasteiger partial charge in [-0.05, 0) is 29.7 Å². The summed E-state index contributed by atoms with van der Waals surface area (Å²) >= 11 is 3.36. The Bertz CT molecular complexity index is 845. The van der Waals surface area contributed by atoms with Gasteiger partial charge in [0.2, 0.25) is 0 Å². The molecule has 1 unspecified atom stereocenters. The largest absolute Gasteiger partial charge is 0.375 e. The summed E-state index contributed by atoms with van der Waals surface area (Å²) < 4.78 is 0.751. The van der Waals surface area contributed by atoms with Crippen LogP contribution in [-0.4, -0.2) is 23.8 Å². The number of likely N-dealkylation sites (N-methyl/N-ethyl adjacent to an activating group) is 1. The number of amides is 1. The molecule has 0 spiro atoms. The van der Waals surface area contributed by atoms with E-state index in [0.717, 1.165) is 10.0 Å². The van der Waals surface area contributed by atoms with Gasteiger partial charge in [0.1, 0.15) is 0 Å². The maximum Gasteiger partial charge on any atom is 0.263 e. The summed E-state index contributed by atoms with van der Waals surface area (Å²) in [6.45, 7) is 4.17. The Balaban J connectivity index is 1.93. The number of rotatable bonds is 4. The Kier molecular flexibility index (Phi) is 4.56. The quantitative estimate of drug-likeness (QED) is 0.787. The van der Waals surface area contributed by atoms with E-state index in [-0.39, 0.29) is 12.2 Å². The number of anilines is 1. The van der Waals surface area contributed by atoms with Crippen LogP contribution in [0, 0.1) is 0 Å². The highest BCUT2D eigenvalue weighted by Gasteiger charge is 2.49. The van der Waals surface area contributed by atoms with Gasteiger partial charge >= 0.3 is 0 Å². The highest BCUT2D eigenvalue weighted by Crippen LogP contribution is 2.43. The maximum absolute atomic E-state index is 12.7. The summed E-state index contributed by atoms with van der Waals surface area (Å²) in [5.74, 6) is -0.359. The first-order valence-corrected chi connectivity index (χ1v) is 8.97. The second-order valence-electron chi connectivity index (χ2n) is 6.76. The number of aliphatic hydroxyl groups is 1. The van der Waals surface area contributed by atoms with Crippen molar-refractivity contribution < 1.29 is 14.7 Å². The van der Waals surface area contributed by atoms with E-state index in [1.807, 2.05) is 12.1 Å². The fraction of sp³-hybridized carbons (Fsp3) is 0.300. The van der Waals surface area contributed by atoms with Crippen molar-refractivity contribution in [3.63, 3.8) is 0 Å². The van der Waals surface area contributed by atoms with Crippen molar-refractivity contribution in [1.29, 1.82) is 0 Å². The minimum Gasteiger partial charge on any atom is -0.375 e. The molecule has 3 rings (SSSR count). The fourth-order valence-electron chi connectivity index (χ4n) is 3.19. The van der Waals surface area contributed by atoms with Crippen LogP contribution in [0.25, 0.3) is 0 Å². The van der Waals surface area contributed by atoms with Crippen molar-refractivity contribution in [1.82, 2.24) is 0 Å². The van der Waals surface area contributed by atoms with E-state index >= 15 is 0 Å². The average molecular weight is 402 g/mol. The third-order valence-electron chi connectivity index (χ3n) is 4.74. The van der Waals surface area contributed by atoms with E-state index in [1.165, 1.54) is 4.90 Å². The van der Waals surface area contributed by atoms with Gasteiger partial charge in [0, 0.05) is 22.6 Å². The number of carbonyl (C=O) groups excluding carboxylic acids is 2. The third-order valence-corrected chi connectivity index (χ3v) is 5.23. The molecular formula is C20H20BrNO3. The number of Topliss-reactive ketones (excluding diaryl/α,β-unsaturated/α-hetero) is 1.